The van der Waals surface area contributed by atoms with E-state index in [1.807, 2.05) is 0 Å². The zero-order chi connectivity index (χ0) is 11.7. The molecule has 1 aliphatic heterocycles. The summed E-state index contributed by atoms with van der Waals surface area (Å²) < 4.78 is 0. The van der Waals surface area contributed by atoms with Crippen molar-refractivity contribution in [2.45, 2.75) is 44.1 Å². The van der Waals surface area contributed by atoms with Gasteiger partial charge in [-0.2, -0.15) is 0 Å². The molecule has 1 saturated carbocycles. The second-order valence-corrected chi connectivity index (χ2v) is 5.73. The minimum atomic E-state index is 0.184. The lowest BCUT2D eigenvalue weighted by Gasteiger charge is -2.18. The average molecular weight is 230 g/mol. The van der Waals surface area contributed by atoms with Crippen LogP contribution in [0, 0.1) is 0 Å². The molecule has 2 aliphatic rings. The van der Waals surface area contributed by atoms with Gasteiger partial charge in [-0.05, 0) is 56.2 Å². The standard InChI is InChI=1S/C15H22N2/c16-15(8-9-15)7-6-13-4-3-5-14(12-13)17-10-1-2-11-17/h3-5,12H,1-2,6-11,16H2. The Morgan fingerprint density at radius 1 is 1.18 bits per heavy atom. The number of benzene rings is 1. The molecule has 0 amide bonds. The van der Waals surface area contributed by atoms with Crippen LogP contribution in [0.15, 0.2) is 24.3 Å². The molecule has 0 spiro atoms. The zero-order valence-electron chi connectivity index (χ0n) is 10.5. The first-order chi connectivity index (χ1) is 8.25. The summed E-state index contributed by atoms with van der Waals surface area (Å²) in [5.41, 5.74) is 9.18. The van der Waals surface area contributed by atoms with Gasteiger partial charge in [0.2, 0.25) is 0 Å². The highest BCUT2D eigenvalue weighted by Gasteiger charge is 2.37. The molecular formula is C15H22N2. The topological polar surface area (TPSA) is 29.3 Å². The van der Waals surface area contributed by atoms with Gasteiger partial charge in [-0.15, -0.1) is 0 Å². The van der Waals surface area contributed by atoms with Crippen molar-refractivity contribution in [1.29, 1.82) is 0 Å². The molecule has 92 valence electrons. The van der Waals surface area contributed by atoms with Gasteiger partial charge in [-0.3, -0.25) is 0 Å². The van der Waals surface area contributed by atoms with Crippen LogP contribution in [0.25, 0.3) is 0 Å². The van der Waals surface area contributed by atoms with Crippen LogP contribution in [0.2, 0.25) is 0 Å². The Morgan fingerprint density at radius 2 is 1.94 bits per heavy atom. The summed E-state index contributed by atoms with van der Waals surface area (Å²) in [5.74, 6) is 0. The van der Waals surface area contributed by atoms with E-state index in [1.54, 1.807) is 0 Å². The average Bonchev–Trinajstić information content (AvgIpc) is 2.88. The van der Waals surface area contributed by atoms with E-state index in [9.17, 15) is 0 Å². The molecule has 3 rings (SSSR count). The summed E-state index contributed by atoms with van der Waals surface area (Å²) in [5, 5.41) is 0. The molecule has 0 aromatic heterocycles. The van der Waals surface area contributed by atoms with Crippen molar-refractivity contribution in [2.75, 3.05) is 18.0 Å². The van der Waals surface area contributed by atoms with Gasteiger partial charge in [-0.1, -0.05) is 12.1 Å². The summed E-state index contributed by atoms with van der Waals surface area (Å²) in [4.78, 5) is 2.50. The van der Waals surface area contributed by atoms with E-state index in [0.29, 0.717) is 0 Å². The third kappa shape index (κ3) is 2.63. The minimum absolute atomic E-state index is 0.184. The number of nitrogens with zero attached hydrogens (tertiary/aromatic N) is 1. The Hall–Kier alpha value is -1.02. The fourth-order valence-corrected chi connectivity index (χ4v) is 2.69. The van der Waals surface area contributed by atoms with Crippen molar-refractivity contribution >= 4 is 5.69 Å². The van der Waals surface area contributed by atoms with Gasteiger partial charge in [-0.25, -0.2) is 0 Å². The fraction of sp³-hybridized carbons (Fsp3) is 0.600. The predicted molar refractivity (Wildman–Crippen MR) is 72.4 cm³/mol. The van der Waals surface area contributed by atoms with Crippen LogP contribution in [0.3, 0.4) is 0 Å². The molecule has 1 heterocycles. The molecule has 2 nitrogen and oxygen atoms in total. The van der Waals surface area contributed by atoms with Crippen LogP contribution < -0.4 is 10.6 Å². The van der Waals surface area contributed by atoms with Gasteiger partial charge < -0.3 is 10.6 Å². The molecule has 0 unspecified atom stereocenters. The number of rotatable bonds is 4. The first-order valence-electron chi connectivity index (χ1n) is 6.88. The van der Waals surface area contributed by atoms with Crippen molar-refractivity contribution in [2.24, 2.45) is 5.73 Å². The Bertz CT molecular complexity index is 390. The molecule has 1 aliphatic carbocycles. The van der Waals surface area contributed by atoms with E-state index >= 15 is 0 Å². The highest BCUT2D eigenvalue weighted by Crippen LogP contribution is 2.36. The second kappa shape index (κ2) is 4.34. The lowest BCUT2D eigenvalue weighted by atomic mass is 10.0. The van der Waals surface area contributed by atoms with Gasteiger partial charge in [0.15, 0.2) is 0 Å². The van der Waals surface area contributed by atoms with Gasteiger partial charge in [0.25, 0.3) is 0 Å². The smallest absolute Gasteiger partial charge is 0.0368 e. The van der Waals surface area contributed by atoms with E-state index in [0.717, 1.165) is 12.8 Å². The number of hydrogen-bond acceptors (Lipinski definition) is 2. The molecule has 0 radical (unpaired) electrons. The summed E-state index contributed by atoms with van der Waals surface area (Å²) >= 11 is 0. The molecular weight excluding hydrogens is 208 g/mol. The maximum atomic E-state index is 6.14. The van der Waals surface area contributed by atoms with Crippen molar-refractivity contribution < 1.29 is 0 Å². The SMILES string of the molecule is NC1(CCc2cccc(N3CCCC3)c2)CC1. The second-order valence-electron chi connectivity index (χ2n) is 5.73. The first-order valence-corrected chi connectivity index (χ1v) is 6.88. The number of nitrogens with two attached hydrogens (primary N) is 1. The maximum Gasteiger partial charge on any atom is 0.0368 e. The Labute approximate surface area is 104 Å². The first kappa shape index (κ1) is 11.1. The van der Waals surface area contributed by atoms with Crippen LogP contribution in [-0.4, -0.2) is 18.6 Å². The Kier molecular flexibility index (Phi) is 2.83. The molecule has 0 bridgehead atoms. The predicted octanol–water partition coefficient (Wildman–Crippen LogP) is 2.71. The van der Waals surface area contributed by atoms with Gasteiger partial charge in [0, 0.05) is 24.3 Å². The minimum Gasteiger partial charge on any atom is -0.372 e. The Morgan fingerprint density at radius 3 is 2.65 bits per heavy atom. The molecule has 17 heavy (non-hydrogen) atoms. The van der Waals surface area contributed by atoms with E-state index in [2.05, 4.69) is 29.2 Å². The van der Waals surface area contributed by atoms with Crippen molar-refractivity contribution in [3.63, 3.8) is 0 Å². The normalized spacial score (nSPS) is 21.8. The maximum absolute atomic E-state index is 6.14. The van der Waals surface area contributed by atoms with E-state index in [4.69, 9.17) is 5.73 Å². The van der Waals surface area contributed by atoms with Crippen LogP contribution >= 0.6 is 0 Å². The highest BCUT2D eigenvalue weighted by atomic mass is 15.1. The number of hydrogen-bond donors (Lipinski definition) is 1. The third-order valence-corrected chi connectivity index (χ3v) is 4.19. The quantitative estimate of drug-likeness (QED) is 0.861. The molecule has 0 atom stereocenters. The lowest BCUT2D eigenvalue weighted by molar-refractivity contribution is 0.609. The highest BCUT2D eigenvalue weighted by molar-refractivity contribution is 5.49. The molecule has 2 N–H and O–H groups in total. The Balaban J connectivity index is 1.65. The van der Waals surface area contributed by atoms with Gasteiger partial charge in [0.05, 0.1) is 0 Å². The fourth-order valence-electron chi connectivity index (χ4n) is 2.69. The summed E-state index contributed by atoms with van der Waals surface area (Å²) in [6.45, 7) is 2.45. The molecule has 1 aromatic rings. The van der Waals surface area contributed by atoms with Crippen LogP contribution in [-0.2, 0) is 6.42 Å². The third-order valence-electron chi connectivity index (χ3n) is 4.19. The summed E-state index contributed by atoms with van der Waals surface area (Å²) in [6.07, 6.45) is 7.42. The largest absolute Gasteiger partial charge is 0.372 e. The van der Waals surface area contributed by atoms with E-state index in [1.165, 1.54) is 50.0 Å². The lowest BCUT2D eigenvalue weighted by Crippen LogP contribution is -2.22. The molecule has 1 saturated heterocycles. The van der Waals surface area contributed by atoms with Crippen LogP contribution in [0.4, 0.5) is 5.69 Å². The molecule has 1 aromatic carbocycles. The van der Waals surface area contributed by atoms with Gasteiger partial charge >= 0.3 is 0 Å². The summed E-state index contributed by atoms with van der Waals surface area (Å²) in [7, 11) is 0. The van der Waals surface area contributed by atoms with E-state index < -0.39 is 0 Å². The molecule has 2 fully saturated rings. The molecule has 2 heteroatoms. The van der Waals surface area contributed by atoms with E-state index in [-0.39, 0.29) is 5.54 Å². The number of aryl methyl sites for hydroxylation is 1. The van der Waals surface area contributed by atoms with Crippen molar-refractivity contribution in [3.8, 4) is 0 Å². The van der Waals surface area contributed by atoms with Crippen molar-refractivity contribution in [1.82, 2.24) is 0 Å². The summed E-state index contributed by atoms with van der Waals surface area (Å²) in [6, 6.07) is 9.03. The van der Waals surface area contributed by atoms with Crippen LogP contribution in [0.1, 0.15) is 37.7 Å². The zero-order valence-corrected chi connectivity index (χ0v) is 10.5. The number of anilines is 1. The van der Waals surface area contributed by atoms with Crippen molar-refractivity contribution in [3.05, 3.63) is 29.8 Å². The monoisotopic (exact) mass is 230 g/mol. The van der Waals surface area contributed by atoms with Crippen LogP contribution in [0.5, 0.6) is 0 Å². The van der Waals surface area contributed by atoms with Gasteiger partial charge in [0.1, 0.15) is 0 Å².